The molecule has 1 aliphatic rings. The Morgan fingerprint density at radius 1 is 1.53 bits per heavy atom. The van der Waals surface area contributed by atoms with Crippen molar-refractivity contribution in [3.05, 3.63) is 28.2 Å². The Balaban J connectivity index is 1.92. The zero-order chi connectivity index (χ0) is 10.7. The highest BCUT2D eigenvalue weighted by Gasteiger charge is 2.15. The van der Waals surface area contributed by atoms with Crippen molar-refractivity contribution in [2.24, 2.45) is 5.92 Å². The molecule has 1 aromatic rings. The van der Waals surface area contributed by atoms with Crippen molar-refractivity contribution < 1.29 is 4.74 Å². The molecule has 82 valence electrons. The van der Waals surface area contributed by atoms with E-state index in [0.717, 1.165) is 29.9 Å². The molecule has 1 atom stereocenters. The lowest BCUT2D eigenvalue weighted by Crippen LogP contribution is -2.15. The van der Waals surface area contributed by atoms with Crippen molar-refractivity contribution >= 4 is 15.9 Å². The molecule has 0 aliphatic carbocycles. The minimum atomic E-state index is 0.674. The summed E-state index contributed by atoms with van der Waals surface area (Å²) in [6, 6.07) is 6.14. The molecule has 3 heteroatoms. The maximum Gasteiger partial charge on any atom is 0.122 e. The normalized spacial score (nSPS) is 20.5. The summed E-state index contributed by atoms with van der Waals surface area (Å²) in [6.07, 6.45) is 1.23. The van der Waals surface area contributed by atoms with Crippen LogP contribution in [0.15, 0.2) is 22.7 Å². The van der Waals surface area contributed by atoms with Gasteiger partial charge in [-0.3, -0.25) is 0 Å². The molecule has 0 spiro atoms. The second kappa shape index (κ2) is 4.99. The highest BCUT2D eigenvalue weighted by Crippen LogP contribution is 2.23. The molecule has 1 N–H and O–H groups in total. The Hall–Kier alpha value is -0.540. The van der Waals surface area contributed by atoms with Crippen LogP contribution in [0.1, 0.15) is 12.0 Å². The van der Waals surface area contributed by atoms with Crippen molar-refractivity contribution in [1.29, 1.82) is 0 Å². The number of rotatable bonds is 3. The Bertz CT molecular complexity index is 334. The summed E-state index contributed by atoms with van der Waals surface area (Å²) >= 11 is 3.45. The lowest BCUT2D eigenvalue weighted by molar-refractivity contribution is 0.258. The molecule has 0 aromatic heterocycles. The Kier molecular flexibility index (Phi) is 3.65. The van der Waals surface area contributed by atoms with Crippen molar-refractivity contribution in [3.8, 4) is 5.75 Å². The molecule has 1 aliphatic heterocycles. The van der Waals surface area contributed by atoms with E-state index in [1.807, 2.05) is 12.1 Å². The van der Waals surface area contributed by atoms with Crippen molar-refractivity contribution in [1.82, 2.24) is 5.32 Å². The van der Waals surface area contributed by atoms with E-state index in [9.17, 15) is 0 Å². The molecule has 15 heavy (non-hydrogen) atoms. The van der Waals surface area contributed by atoms with Gasteiger partial charge in [0.05, 0.1) is 6.61 Å². The first kappa shape index (κ1) is 11.0. The summed E-state index contributed by atoms with van der Waals surface area (Å²) < 4.78 is 6.92. The van der Waals surface area contributed by atoms with Gasteiger partial charge in [0, 0.05) is 16.9 Å². The van der Waals surface area contributed by atoms with E-state index in [1.54, 1.807) is 0 Å². The number of halogens is 1. The Morgan fingerprint density at radius 2 is 2.40 bits per heavy atom. The molecular weight excluding hydrogens is 254 g/mol. The highest BCUT2D eigenvalue weighted by molar-refractivity contribution is 9.10. The summed E-state index contributed by atoms with van der Waals surface area (Å²) in [5, 5.41) is 3.34. The predicted molar refractivity (Wildman–Crippen MR) is 65.4 cm³/mol. The summed E-state index contributed by atoms with van der Waals surface area (Å²) in [5.41, 5.74) is 1.19. The lowest BCUT2D eigenvalue weighted by Gasteiger charge is -2.12. The maximum atomic E-state index is 5.81. The van der Waals surface area contributed by atoms with E-state index < -0.39 is 0 Å². The third-order valence-electron chi connectivity index (χ3n) is 2.77. The number of ether oxygens (including phenoxy) is 1. The molecule has 1 fully saturated rings. The molecule has 2 nitrogen and oxygen atoms in total. The van der Waals surface area contributed by atoms with Gasteiger partial charge in [0.15, 0.2) is 0 Å². The van der Waals surface area contributed by atoms with Gasteiger partial charge in [-0.1, -0.05) is 15.9 Å². The summed E-state index contributed by atoms with van der Waals surface area (Å²) in [6.45, 7) is 5.13. The fraction of sp³-hybridized carbons (Fsp3) is 0.500. The number of nitrogens with one attached hydrogen (secondary N) is 1. The molecule has 1 aromatic carbocycles. The van der Waals surface area contributed by atoms with Gasteiger partial charge in [-0.25, -0.2) is 0 Å². The summed E-state index contributed by atoms with van der Waals surface area (Å²) in [5.74, 6) is 1.68. The van der Waals surface area contributed by atoms with E-state index >= 15 is 0 Å². The van der Waals surface area contributed by atoms with Crippen LogP contribution in [-0.2, 0) is 0 Å². The van der Waals surface area contributed by atoms with Crippen LogP contribution in [0.5, 0.6) is 5.75 Å². The average molecular weight is 270 g/mol. The maximum absolute atomic E-state index is 5.81. The van der Waals surface area contributed by atoms with E-state index in [-0.39, 0.29) is 0 Å². The van der Waals surface area contributed by atoms with E-state index in [1.165, 1.54) is 12.0 Å². The topological polar surface area (TPSA) is 21.3 Å². The van der Waals surface area contributed by atoms with Crippen LogP contribution in [0.25, 0.3) is 0 Å². The molecular formula is C12H16BrNO. The molecule has 0 saturated carbocycles. The van der Waals surface area contributed by atoms with Gasteiger partial charge in [0.1, 0.15) is 5.75 Å². The van der Waals surface area contributed by atoms with Gasteiger partial charge < -0.3 is 10.1 Å². The van der Waals surface area contributed by atoms with Crippen LogP contribution in [0.4, 0.5) is 0 Å². The first-order chi connectivity index (χ1) is 7.25. The van der Waals surface area contributed by atoms with Crippen molar-refractivity contribution in [3.63, 3.8) is 0 Å². The van der Waals surface area contributed by atoms with Crippen LogP contribution in [-0.4, -0.2) is 19.7 Å². The summed E-state index contributed by atoms with van der Waals surface area (Å²) in [4.78, 5) is 0. The average Bonchev–Trinajstić information content (AvgIpc) is 2.69. The standard InChI is InChI=1S/C12H16BrNO/c1-9-6-11(13)2-3-12(9)15-8-10-4-5-14-7-10/h2-3,6,10,14H,4-5,7-8H2,1H3/t10-/m0/s1. The Labute approximate surface area is 99.1 Å². The van der Waals surface area contributed by atoms with Gasteiger partial charge in [0.25, 0.3) is 0 Å². The molecule has 1 saturated heterocycles. The molecule has 2 rings (SSSR count). The molecule has 0 radical (unpaired) electrons. The molecule has 0 bridgehead atoms. The molecule has 1 heterocycles. The number of aryl methyl sites for hydroxylation is 1. The van der Waals surface area contributed by atoms with E-state index in [2.05, 4.69) is 34.2 Å². The van der Waals surface area contributed by atoms with E-state index in [0.29, 0.717) is 5.92 Å². The molecule has 0 amide bonds. The van der Waals surface area contributed by atoms with Crippen molar-refractivity contribution in [2.75, 3.05) is 19.7 Å². The van der Waals surface area contributed by atoms with Crippen molar-refractivity contribution in [2.45, 2.75) is 13.3 Å². The first-order valence-electron chi connectivity index (χ1n) is 5.35. The van der Waals surface area contributed by atoms with Gasteiger partial charge in [-0.15, -0.1) is 0 Å². The smallest absolute Gasteiger partial charge is 0.122 e. The minimum Gasteiger partial charge on any atom is -0.493 e. The van der Waals surface area contributed by atoms with Crippen LogP contribution in [0, 0.1) is 12.8 Å². The highest BCUT2D eigenvalue weighted by atomic mass is 79.9. The SMILES string of the molecule is Cc1cc(Br)ccc1OC[C@H]1CCNC1. The zero-order valence-electron chi connectivity index (χ0n) is 8.92. The quantitative estimate of drug-likeness (QED) is 0.911. The third kappa shape index (κ3) is 2.95. The zero-order valence-corrected chi connectivity index (χ0v) is 10.5. The minimum absolute atomic E-state index is 0.674. The number of hydrogen-bond donors (Lipinski definition) is 1. The number of benzene rings is 1. The second-order valence-electron chi connectivity index (χ2n) is 4.08. The largest absolute Gasteiger partial charge is 0.493 e. The third-order valence-corrected chi connectivity index (χ3v) is 3.27. The fourth-order valence-corrected chi connectivity index (χ4v) is 2.31. The van der Waals surface area contributed by atoms with Crippen LogP contribution >= 0.6 is 15.9 Å². The first-order valence-corrected chi connectivity index (χ1v) is 6.14. The lowest BCUT2D eigenvalue weighted by atomic mass is 10.1. The summed E-state index contributed by atoms with van der Waals surface area (Å²) in [7, 11) is 0. The van der Waals surface area contributed by atoms with Crippen LogP contribution in [0.3, 0.4) is 0 Å². The van der Waals surface area contributed by atoms with Gasteiger partial charge in [0.2, 0.25) is 0 Å². The second-order valence-corrected chi connectivity index (χ2v) is 5.00. The Morgan fingerprint density at radius 3 is 3.07 bits per heavy atom. The van der Waals surface area contributed by atoms with E-state index in [4.69, 9.17) is 4.74 Å². The monoisotopic (exact) mass is 269 g/mol. The van der Waals surface area contributed by atoms with Gasteiger partial charge >= 0.3 is 0 Å². The van der Waals surface area contributed by atoms with Gasteiger partial charge in [-0.2, -0.15) is 0 Å². The van der Waals surface area contributed by atoms with Gasteiger partial charge in [-0.05, 0) is 43.7 Å². The molecule has 0 unspecified atom stereocenters. The van der Waals surface area contributed by atoms with Crippen LogP contribution in [0.2, 0.25) is 0 Å². The fourth-order valence-electron chi connectivity index (χ4n) is 1.84. The predicted octanol–water partition coefficient (Wildman–Crippen LogP) is 2.75. The number of hydrogen-bond acceptors (Lipinski definition) is 2. The van der Waals surface area contributed by atoms with Crippen LogP contribution < -0.4 is 10.1 Å².